The van der Waals surface area contributed by atoms with Crippen molar-refractivity contribution in [3.8, 4) is 0 Å². The lowest BCUT2D eigenvalue weighted by Crippen LogP contribution is -2.43. The van der Waals surface area contributed by atoms with Crippen LogP contribution in [0.4, 0.5) is 4.79 Å². The van der Waals surface area contributed by atoms with Crippen molar-refractivity contribution in [2.45, 2.75) is 32.9 Å². The van der Waals surface area contributed by atoms with E-state index in [1.807, 2.05) is 30.9 Å². The summed E-state index contributed by atoms with van der Waals surface area (Å²) in [6, 6.07) is 8.23. The molecule has 0 atom stereocenters. The lowest BCUT2D eigenvalue weighted by molar-refractivity contribution is 0.0650. The molecule has 0 aromatic heterocycles. The van der Waals surface area contributed by atoms with Crippen molar-refractivity contribution in [2.24, 2.45) is 0 Å². The Labute approximate surface area is 109 Å². The molecule has 18 heavy (non-hydrogen) atoms. The fourth-order valence-electron chi connectivity index (χ4n) is 2.05. The Bertz CT molecular complexity index is 424. The van der Waals surface area contributed by atoms with Crippen molar-refractivity contribution in [1.29, 1.82) is 0 Å². The van der Waals surface area contributed by atoms with Crippen LogP contribution in [0.15, 0.2) is 24.3 Å². The topological polar surface area (TPSA) is 41.6 Å². The van der Waals surface area contributed by atoms with E-state index in [2.05, 4.69) is 17.4 Å². The molecule has 0 saturated carbocycles. The van der Waals surface area contributed by atoms with Gasteiger partial charge in [0, 0.05) is 14.5 Å². The molecular formula is C14H22N2O2. The molecule has 0 unspecified atom stereocenters. The summed E-state index contributed by atoms with van der Waals surface area (Å²) in [6.45, 7) is 5.62. The maximum atomic E-state index is 11.9. The molecule has 0 saturated heterocycles. The molecule has 0 fully saturated rings. The highest BCUT2D eigenvalue weighted by molar-refractivity contribution is 5.74. The van der Waals surface area contributed by atoms with E-state index in [-0.39, 0.29) is 20.3 Å². The summed E-state index contributed by atoms with van der Waals surface area (Å²) in [5, 5.41) is 2.78. The molecule has 4 nitrogen and oxygen atoms in total. The number of rotatable bonds is 3. The monoisotopic (exact) mass is 250 g/mol. The van der Waals surface area contributed by atoms with E-state index >= 15 is 0 Å². The van der Waals surface area contributed by atoms with Crippen LogP contribution in [-0.2, 0) is 17.7 Å². The van der Waals surface area contributed by atoms with Gasteiger partial charge in [-0.2, -0.15) is 0 Å². The zero-order valence-corrected chi connectivity index (χ0v) is 11.0. The molecule has 1 aliphatic heterocycles. The van der Waals surface area contributed by atoms with Crippen LogP contribution in [0.2, 0.25) is 0 Å². The smallest absolute Gasteiger partial charge is 0.319 e. The number of ether oxygens (including phenoxy) is 1. The Morgan fingerprint density at radius 2 is 2.17 bits per heavy atom. The van der Waals surface area contributed by atoms with E-state index in [4.69, 9.17) is 4.74 Å². The van der Waals surface area contributed by atoms with Gasteiger partial charge in [-0.05, 0) is 31.4 Å². The average molecular weight is 250 g/mol. The summed E-state index contributed by atoms with van der Waals surface area (Å²) in [6.07, 6.45) is 1.06. The van der Waals surface area contributed by atoms with Gasteiger partial charge in [0.25, 0.3) is 0 Å². The third kappa shape index (κ3) is 3.23. The minimum Gasteiger partial charge on any atom is -0.359 e. The second-order valence-corrected chi connectivity index (χ2v) is 4.78. The van der Waals surface area contributed by atoms with Gasteiger partial charge in [-0.25, -0.2) is 4.79 Å². The number of carbonyl (C=O) groups is 1. The summed E-state index contributed by atoms with van der Waals surface area (Å²) in [5.41, 5.74) is 2.59. The van der Waals surface area contributed by atoms with Crippen molar-refractivity contribution < 1.29 is 11.0 Å². The predicted molar refractivity (Wildman–Crippen MR) is 72.3 cm³/mol. The molecule has 0 spiro atoms. The summed E-state index contributed by atoms with van der Waals surface area (Å²) < 4.78 is 5.31. The van der Waals surface area contributed by atoms with Crippen molar-refractivity contribution in [2.75, 3.05) is 13.3 Å². The quantitative estimate of drug-likeness (QED) is 0.837. The van der Waals surface area contributed by atoms with Crippen molar-refractivity contribution in [3.05, 3.63) is 35.4 Å². The zero-order valence-electron chi connectivity index (χ0n) is 11.0. The molecule has 0 bridgehead atoms. The molecule has 1 heterocycles. The fraction of sp³-hybridized carbons (Fsp3) is 0.500. The third-order valence-corrected chi connectivity index (χ3v) is 3.06. The number of fused-ring (bicyclic) bond motifs is 1. The van der Waals surface area contributed by atoms with Crippen molar-refractivity contribution >= 4 is 6.03 Å². The maximum Gasteiger partial charge on any atom is 0.319 e. The summed E-state index contributed by atoms with van der Waals surface area (Å²) in [4.78, 5) is 13.7. The first kappa shape index (κ1) is 12.9. The maximum absolute atomic E-state index is 11.9. The number of hydrogen-bond donors (Lipinski definition) is 1. The SMILES string of the molecule is CC(C)OCNC(=O)N1CCc2ccccc2C1.[HH]. The van der Waals surface area contributed by atoms with Crippen LogP contribution < -0.4 is 5.32 Å². The van der Waals surface area contributed by atoms with Crippen LogP contribution in [0.3, 0.4) is 0 Å². The molecule has 2 amide bonds. The minimum atomic E-state index is -0.0508. The van der Waals surface area contributed by atoms with Crippen LogP contribution in [0.5, 0.6) is 0 Å². The number of benzene rings is 1. The molecular weight excluding hydrogens is 228 g/mol. The number of urea groups is 1. The first-order valence-electron chi connectivity index (χ1n) is 6.38. The van der Waals surface area contributed by atoms with Gasteiger partial charge >= 0.3 is 6.03 Å². The highest BCUT2D eigenvalue weighted by atomic mass is 16.5. The Kier molecular flexibility index (Phi) is 4.20. The van der Waals surface area contributed by atoms with E-state index in [9.17, 15) is 4.79 Å². The van der Waals surface area contributed by atoms with E-state index in [0.29, 0.717) is 6.54 Å². The summed E-state index contributed by atoms with van der Waals surface area (Å²) in [5.74, 6) is 0. The average Bonchev–Trinajstić information content (AvgIpc) is 2.37. The summed E-state index contributed by atoms with van der Waals surface area (Å²) >= 11 is 0. The van der Waals surface area contributed by atoms with E-state index in [1.54, 1.807) is 0 Å². The molecule has 0 radical (unpaired) electrons. The third-order valence-electron chi connectivity index (χ3n) is 3.06. The second kappa shape index (κ2) is 5.87. The lowest BCUT2D eigenvalue weighted by atomic mass is 10.0. The molecule has 2 rings (SSSR count). The Hall–Kier alpha value is -1.55. The van der Waals surface area contributed by atoms with Crippen LogP contribution in [0.25, 0.3) is 0 Å². The van der Waals surface area contributed by atoms with E-state index < -0.39 is 0 Å². The Balaban J connectivity index is 0.00000180. The lowest BCUT2D eigenvalue weighted by Gasteiger charge is -2.29. The number of carbonyl (C=O) groups excluding carboxylic acids is 1. The molecule has 4 heteroatoms. The molecule has 1 N–H and O–H groups in total. The van der Waals surface area contributed by atoms with Gasteiger partial charge in [-0.1, -0.05) is 24.3 Å². The Morgan fingerprint density at radius 3 is 2.89 bits per heavy atom. The van der Waals surface area contributed by atoms with E-state index in [0.717, 1.165) is 13.0 Å². The minimum absolute atomic E-state index is 0. The molecule has 1 aromatic rings. The fourth-order valence-corrected chi connectivity index (χ4v) is 2.05. The normalized spacial score (nSPS) is 14.5. The standard InChI is InChI=1S/C14H20N2O2.H2/c1-11(2)18-10-15-14(17)16-8-7-12-5-3-4-6-13(12)9-16;/h3-6,11H,7-10H2,1-2H3,(H,15,17);1H. The number of amides is 2. The second-order valence-electron chi connectivity index (χ2n) is 4.78. The van der Waals surface area contributed by atoms with Crippen LogP contribution in [-0.4, -0.2) is 30.3 Å². The number of nitrogens with one attached hydrogen (secondary N) is 1. The molecule has 100 valence electrons. The van der Waals surface area contributed by atoms with Crippen molar-refractivity contribution in [1.82, 2.24) is 10.2 Å². The molecule has 1 aromatic carbocycles. The number of nitrogens with zero attached hydrogens (tertiary/aromatic N) is 1. The first-order chi connectivity index (χ1) is 8.66. The van der Waals surface area contributed by atoms with Crippen LogP contribution in [0.1, 0.15) is 26.4 Å². The highest BCUT2D eigenvalue weighted by Gasteiger charge is 2.19. The van der Waals surface area contributed by atoms with Gasteiger partial charge in [-0.15, -0.1) is 0 Å². The molecule has 1 aliphatic rings. The summed E-state index contributed by atoms with van der Waals surface area (Å²) in [7, 11) is 0. The van der Waals surface area contributed by atoms with Gasteiger partial charge in [0.2, 0.25) is 0 Å². The van der Waals surface area contributed by atoms with E-state index in [1.165, 1.54) is 11.1 Å². The van der Waals surface area contributed by atoms with Gasteiger partial charge in [0.05, 0.1) is 6.10 Å². The van der Waals surface area contributed by atoms with Gasteiger partial charge < -0.3 is 15.0 Å². The van der Waals surface area contributed by atoms with Gasteiger partial charge in [0.15, 0.2) is 0 Å². The highest BCUT2D eigenvalue weighted by Crippen LogP contribution is 2.18. The van der Waals surface area contributed by atoms with Gasteiger partial charge in [0.1, 0.15) is 6.73 Å². The van der Waals surface area contributed by atoms with Crippen molar-refractivity contribution in [3.63, 3.8) is 0 Å². The predicted octanol–water partition coefficient (Wildman–Crippen LogP) is 2.38. The Morgan fingerprint density at radius 1 is 1.44 bits per heavy atom. The zero-order chi connectivity index (χ0) is 13.0. The van der Waals surface area contributed by atoms with Gasteiger partial charge in [-0.3, -0.25) is 0 Å². The number of hydrogen-bond acceptors (Lipinski definition) is 2. The largest absolute Gasteiger partial charge is 0.359 e. The first-order valence-corrected chi connectivity index (χ1v) is 6.38. The van der Waals surface area contributed by atoms with Crippen LogP contribution in [0, 0.1) is 0 Å². The molecule has 0 aliphatic carbocycles. The van der Waals surface area contributed by atoms with Crippen LogP contribution >= 0.6 is 0 Å².